The molecule has 8 heteroatoms. The molecule has 0 radical (unpaired) electrons. The highest BCUT2D eigenvalue weighted by molar-refractivity contribution is 7.89. The zero-order valence-electron chi connectivity index (χ0n) is 11.0. The first-order chi connectivity index (χ1) is 9.27. The van der Waals surface area contributed by atoms with E-state index in [1.165, 1.54) is 12.1 Å². The molecule has 7 nitrogen and oxygen atoms in total. The van der Waals surface area contributed by atoms with Gasteiger partial charge < -0.3 is 9.84 Å². The van der Waals surface area contributed by atoms with Gasteiger partial charge in [0.15, 0.2) is 0 Å². The normalized spacial score (nSPS) is 11.1. The highest BCUT2D eigenvalue weighted by Crippen LogP contribution is 2.15. The van der Waals surface area contributed by atoms with E-state index in [9.17, 15) is 18.0 Å². The molecule has 0 heterocycles. The maximum Gasteiger partial charge on any atom is 0.335 e. The number of esters is 1. The maximum atomic E-state index is 11.9. The van der Waals surface area contributed by atoms with Crippen LogP contribution in [0.25, 0.3) is 0 Å². The number of carboxylic acid groups (broad SMARTS) is 1. The lowest BCUT2D eigenvalue weighted by Crippen LogP contribution is -2.30. The zero-order chi connectivity index (χ0) is 15.3. The van der Waals surface area contributed by atoms with E-state index in [0.29, 0.717) is 5.56 Å². The summed E-state index contributed by atoms with van der Waals surface area (Å²) in [6.07, 6.45) is 0. The van der Waals surface area contributed by atoms with E-state index < -0.39 is 28.5 Å². The topological polar surface area (TPSA) is 110 Å². The summed E-state index contributed by atoms with van der Waals surface area (Å²) >= 11 is 0. The van der Waals surface area contributed by atoms with Gasteiger partial charge in [0.2, 0.25) is 10.0 Å². The molecule has 0 fully saturated rings. The van der Waals surface area contributed by atoms with Crippen molar-refractivity contribution in [3.05, 3.63) is 29.3 Å². The second kappa shape index (κ2) is 6.49. The summed E-state index contributed by atoms with van der Waals surface area (Å²) in [6, 6.07) is 3.71. The van der Waals surface area contributed by atoms with Gasteiger partial charge in [-0.1, -0.05) is 6.07 Å². The predicted molar refractivity (Wildman–Crippen MR) is 70.0 cm³/mol. The number of benzene rings is 1. The SMILES string of the molecule is CCOC(=O)CNS(=O)(=O)c1ccc(C)c(C(=O)O)c1. The smallest absolute Gasteiger partial charge is 0.335 e. The molecule has 2 N–H and O–H groups in total. The first-order valence-corrected chi connectivity index (χ1v) is 7.25. The first kappa shape index (κ1) is 16.1. The number of aromatic carboxylic acids is 1. The third kappa shape index (κ3) is 4.04. The number of ether oxygens (including phenoxy) is 1. The zero-order valence-corrected chi connectivity index (χ0v) is 11.9. The van der Waals surface area contributed by atoms with Crippen molar-refractivity contribution in [2.45, 2.75) is 18.7 Å². The summed E-state index contributed by atoms with van der Waals surface area (Å²) in [5, 5.41) is 8.95. The molecule has 0 spiro atoms. The van der Waals surface area contributed by atoms with Crippen molar-refractivity contribution >= 4 is 22.0 Å². The van der Waals surface area contributed by atoms with Gasteiger partial charge in [-0.15, -0.1) is 0 Å². The van der Waals surface area contributed by atoms with Crippen LogP contribution in [0.2, 0.25) is 0 Å². The van der Waals surface area contributed by atoms with Gasteiger partial charge in [-0.3, -0.25) is 4.79 Å². The molecule has 0 aliphatic heterocycles. The number of hydrogen-bond acceptors (Lipinski definition) is 5. The highest BCUT2D eigenvalue weighted by atomic mass is 32.2. The lowest BCUT2D eigenvalue weighted by molar-refractivity contribution is -0.141. The van der Waals surface area contributed by atoms with E-state index in [1.54, 1.807) is 13.8 Å². The predicted octanol–water partition coefficient (Wildman–Crippen LogP) is 0.535. The molecule has 0 unspecified atom stereocenters. The van der Waals surface area contributed by atoms with Crippen LogP contribution >= 0.6 is 0 Å². The number of rotatable bonds is 6. The van der Waals surface area contributed by atoms with Crippen molar-refractivity contribution in [1.82, 2.24) is 4.72 Å². The van der Waals surface area contributed by atoms with E-state index in [0.717, 1.165) is 6.07 Å². The third-order valence-electron chi connectivity index (χ3n) is 2.46. The first-order valence-electron chi connectivity index (χ1n) is 5.77. The fourth-order valence-electron chi connectivity index (χ4n) is 1.45. The minimum atomic E-state index is -3.96. The molecule has 1 aromatic carbocycles. The van der Waals surface area contributed by atoms with Gasteiger partial charge in [-0.25, -0.2) is 13.2 Å². The second-order valence-corrected chi connectivity index (χ2v) is 5.68. The summed E-state index contributed by atoms with van der Waals surface area (Å²) in [7, 11) is -3.96. The molecule has 0 saturated carbocycles. The molecule has 1 rings (SSSR count). The average Bonchev–Trinajstić information content (AvgIpc) is 2.37. The van der Waals surface area contributed by atoms with Gasteiger partial charge in [0.1, 0.15) is 6.54 Å². The number of hydrogen-bond donors (Lipinski definition) is 2. The molecule has 0 aliphatic rings. The van der Waals surface area contributed by atoms with Crippen LogP contribution in [0.3, 0.4) is 0 Å². The van der Waals surface area contributed by atoms with Gasteiger partial charge in [-0.05, 0) is 31.5 Å². The van der Waals surface area contributed by atoms with Gasteiger partial charge in [-0.2, -0.15) is 4.72 Å². The van der Waals surface area contributed by atoms with Gasteiger partial charge in [0.05, 0.1) is 17.1 Å². The molecular formula is C12H15NO6S. The fraction of sp³-hybridized carbons (Fsp3) is 0.333. The molecular weight excluding hydrogens is 286 g/mol. The van der Waals surface area contributed by atoms with Crippen molar-refractivity contribution in [3.63, 3.8) is 0 Å². The van der Waals surface area contributed by atoms with Crippen LogP contribution in [0.15, 0.2) is 23.1 Å². The molecule has 20 heavy (non-hydrogen) atoms. The monoisotopic (exact) mass is 301 g/mol. The molecule has 0 aromatic heterocycles. The van der Waals surface area contributed by atoms with E-state index in [-0.39, 0.29) is 17.1 Å². The second-order valence-electron chi connectivity index (χ2n) is 3.91. The van der Waals surface area contributed by atoms with E-state index in [2.05, 4.69) is 9.46 Å². The summed E-state index contributed by atoms with van der Waals surface area (Å²) in [5.41, 5.74) is 0.339. The van der Waals surface area contributed by atoms with Crippen molar-refractivity contribution in [3.8, 4) is 0 Å². The Bertz CT molecular complexity index is 623. The van der Waals surface area contributed by atoms with Crippen LogP contribution in [-0.4, -0.2) is 38.6 Å². The third-order valence-corrected chi connectivity index (χ3v) is 3.86. The van der Waals surface area contributed by atoms with Crippen LogP contribution < -0.4 is 4.72 Å². The van der Waals surface area contributed by atoms with Gasteiger partial charge in [0, 0.05) is 0 Å². The number of nitrogens with one attached hydrogen (secondary N) is 1. The Morgan fingerprint density at radius 1 is 1.35 bits per heavy atom. The Kier molecular flexibility index (Phi) is 5.23. The Balaban J connectivity index is 2.96. The average molecular weight is 301 g/mol. The molecule has 0 amide bonds. The van der Waals surface area contributed by atoms with Crippen LogP contribution in [-0.2, 0) is 19.6 Å². The van der Waals surface area contributed by atoms with Crippen LogP contribution in [0.1, 0.15) is 22.8 Å². The Hall–Kier alpha value is -1.93. The molecule has 110 valence electrons. The number of carboxylic acids is 1. The summed E-state index contributed by atoms with van der Waals surface area (Å²) in [6.45, 7) is 2.80. The number of aryl methyl sites for hydroxylation is 1. The van der Waals surface area contributed by atoms with Crippen molar-refractivity contribution in [1.29, 1.82) is 0 Å². The maximum absolute atomic E-state index is 11.9. The molecule has 0 saturated heterocycles. The van der Waals surface area contributed by atoms with Crippen LogP contribution in [0, 0.1) is 6.92 Å². The fourth-order valence-corrected chi connectivity index (χ4v) is 2.44. The standard InChI is InChI=1S/C12H15NO6S/c1-3-19-11(14)7-13-20(17,18)9-5-4-8(2)10(6-9)12(15)16/h4-6,13H,3,7H2,1-2H3,(H,15,16). The lowest BCUT2D eigenvalue weighted by Gasteiger charge is -2.08. The summed E-state index contributed by atoms with van der Waals surface area (Å²) in [5.74, 6) is -1.92. The Labute approximate surface area is 116 Å². The molecule has 0 bridgehead atoms. The van der Waals surface area contributed by atoms with Crippen molar-refractivity contribution in [2.75, 3.05) is 13.2 Å². The van der Waals surface area contributed by atoms with Crippen LogP contribution in [0.4, 0.5) is 0 Å². The lowest BCUT2D eigenvalue weighted by atomic mass is 10.1. The van der Waals surface area contributed by atoms with Crippen molar-refractivity contribution < 1.29 is 27.9 Å². The largest absolute Gasteiger partial charge is 0.478 e. The number of carbonyl (C=O) groups is 2. The van der Waals surface area contributed by atoms with E-state index in [4.69, 9.17) is 5.11 Å². The Morgan fingerprint density at radius 3 is 2.55 bits per heavy atom. The highest BCUT2D eigenvalue weighted by Gasteiger charge is 2.18. The molecule has 0 atom stereocenters. The van der Waals surface area contributed by atoms with Crippen molar-refractivity contribution in [2.24, 2.45) is 0 Å². The summed E-state index contributed by atoms with van der Waals surface area (Å²) in [4.78, 5) is 21.9. The number of sulfonamides is 1. The van der Waals surface area contributed by atoms with Gasteiger partial charge in [0.25, 0.3) is 0 Å². The quantitative estimate of drug-likeness (QED) is 0.742. The minimum Gasteiger partial charge on any atom is -0.478 e. The minimum absolute atomic E-state index is 0.107. The number of carbonyl (C=O) groups excluding carboxylic acids is 1. The van der Waals surface area contributed by atoms with Gasteiger partial charge >= 0.3 is 11.9 Å². The molecule has 0 aliphatic carbocycles. The van der Waals surface area contributed by atoms with E-state index >= 15 is 0 Å². The van der Waals surface area contributed by atoms with Crippen LogP contribution in [0.5, 0.6) is 0 Å². The summed E-state index contributed by atoms with van der Waals surface area (Å²) < 4.78 is 30.5. The van der Waals surface area contributed by atoms with E-state index in [1.807, 2.05) is 0 Å². The Morgan fingerprint density at radius 2 is 2.00 bits per heavy atom. The molecule has 1 aromatic rings.